The van der Waals surface area contributed by atoms with Crippen LogP contribution in [0.1, 0.15) is 31.5 Å². The summed E-state index contributed by atoms with van der Waals surface area (Å²) < 4.78 is 212. The minimum Gasteiger partial charge on any atom is -0.456 e. The van der Waals surface area contributed by atoms with Gasteiger partial charge in [-0.05, 0) is 111 Å². The molecule has 1 nitrogen and oxygen atoms in total. The van der Waals surface area contributed by atoms with E-state index in [9.17, 15) is 8.22 Å². The standard InChI is InChI=1S/C50H30O/c1-4-16-36-31(11-1)14-9-21-39(36)48-41-19-7-8-20-42(41)49(40-22-10-15-32-12-2-5-17-37(32)40)45-29-34(23-26-43(45)48)35-24-27-44-47(30-35)51-46-28-25-33-13-3-6-18-38(33)50(44)46/h1-30H/i1D,2D,3D,4D,5D,6D,9D,10D,11D,12D,13D,14D,15D,16D,17D,18D,21D,22D,24D,25D,27D,28D,30D. The van der Waals surface area contributed by atoms with E-state index in [1.807, 2.05) is 0 Å². The monoisotopic (exact) mass is 669 g/mol. The summed E-state index contributed by atoms with van der Waals surface area (Å²) in [7, 11) is 0. The summed E-state index contributed by atoms with van der Waals surface area (Å²) in [6, 6.07) is -4.34. The largest absolute Gasteiger partial charge is 0.456 e. The Labute approximate surface area is 326 Å². The first-order valence-corrected chi connectivity index (χ1v) is 15.7. The zero-order chi connectivity index (χ0) is 53.5. The average molecular weight is 670 g/mol. The fraction of sp³-hybridized carbons (Fsp3) is 0. The van der Waals surface area contributed by atoms with Crippen molar-refractivity contribution in [2.75, 3.05) is 0 Å². The number of fused-ring (bicyclic) bond motifs is 9. The highest BCUT2D eigenvalue weighted by Crippen LogP contribution is 2.48. The van der Waals surface area contributed by atoms with Crippen molar-refractivity contribution in [1.29, 1.82) is 0 Å². The molecule has 1 aromatic heterocycles. The third kappa shape index (κ3) is 4.22. The van der Waals surface area contributed by atoms with E-state index in [0.29, 0.717) is 0 Å². The topological polar surface area (TPSA) is 13.1 Å². The Hall–Kier alpha value is -6.70. The van der Waals surface area contributed by atoms with E-state index in [-0.39, 0.29) is 109 Å². The molecule has 0 aliphatic carbocycles. The van der Waals surface area contributed by atoms with Crippen molar-refractivity contribution >= 4 is 75.8 Å². The van der Waals surface area contributed by atoms with Crippen LogP contribution in [-0.4, -0.2) is 0 Å². The summed E-state index contributed by atoms with van der Waals surface area (Å²) in [6.07, 6.45) is 0. The van der Waals surface area contributed by atoms with Crippen molar-refractivity contribution in [3.63, 3.8) is 0 Å². The first-order chi connectivity index (χ1) is 34.9. The molecule has 236 valence electrons. The van der Waals surface area contributed by atoms with Gasteiger partial charge in [-0.1, -0.05) is 157 Å². The predicted molar refractivity (Wildman–Crippen MR) is 218 cm³/mol. The van der Waals surface area contributed by atoms with Crippen LogP contribution in [0.5, 0.6) is 0 Å². The molecule has 1 heterocycles. The Morgan fingerprint density at radius 3 is 1.63 bits per heavy atom. The lowest BCUT2D eigenvalue weighted by molar-refractivity contribution is 0.669. The molecule has 0 saturated heterocycles. The highest BCUT2D eigenvalue weighted by Gasteiger charge is 2.20. The van der Waals surface area contributed by atoms with Crippen LogP contribution in [0, 0.1) is 0 Å². The van der Waals surface area contributed by atoms with E-state index in [0.717, 1.165) is 0 Å². The molecule has 0 radical (unpaired) electrons. The molecule has 0 bridgehead atoms. The molecule has 11 aromatic rings. The van der Waals surface area contributed by atoms with E-state index in [4.69, 9.17) is 27.7 Å². The van der Waals surface area contributed by atoms with Crippen molar-refractivity contribution in [2.45, 2.75) is 0 Å². The van der Waals surface area contributed by atoms with Crippen LogP contribution < -0.4 is 0 Å². The second-order valence-corrected chi connectivity index (χ2v) is 11.8. The summed E-state index contributed by atoms with van der Waals surface area (Å²) in [4.78, 5) is 0. The lowest BCUT2D eigenvalue weighted by atomic mass is 9.83. The maximum atomic E-state index is 9.67. The van der Waals surface area contributed by atoms with Crippen LogP contribution in [0.3, 0.4) is 0 Å². The lowest BCUT2D eigenvalue weighted by Crippen LogP contribution is -1.93. The molecule has 0 atom stereocenters. The number of benzene rings is 10. The Balaban J connectivity index is 1.37. The molecule has 10 aromatic carbocycles. The van der Waals surface area contributed by atoms with Gasteiger partial charge in [-0.3, -0.25) is 0 Å². The number of rotatable bonds is 3. The summed E-state index contributed by atoms with van der Waals surface area (Å²) in [5, 5.41) is -1.88. The smallest absolute Gasteiger partial charge is 0.136 e. The lowest BCUT2D eigenvalue weighted by Gasteiger charge is -2.20. The minimum absolute atomic E-state index is 0.00655. The zero-order valence-corrected chi connectivity index (χ0v) is 25.9. The molecular weight excluding hydrogens is 617 g/mol. The molecule has 51 heavy (non-hydrogen) atoms. The van der Waals surface area contributed by atoms with Gasteiger partial charge in [-0.25, -0.2) is 0 Å². The predicted octanol–water partition coefficient (Wildman–Crippen LogP) is 14.4. The van der Waals surface area contributed by atoms with E-state index in [1.54, 1.807) is 24.3 Å². The van der Waals surface area contributed by atoms with Gasteiger partial charge in [-0.2, -0.15) is 0 Å². The average Bonchev–Trinajstić information content (AvgIpc) is 3.79. The van der Waals surface area contributed by atoms with E-state index in [1.165, 1.54) is 18.2 Å². The quantitative estimate of drug-likeness (QED) is 0.171. The molecule has 0 spiro atoms. The molecule has 11 rings (SSSR count). The minimum atomic E-state index is -0.722. The van der Waals surface area contributed by atoms with Crippen LogP contribution >= 0.6 is 0 Å². The van der Waals surface area contributed by atoms with Crippen LogP contribution in [0.25, 0.3) is 109 Å². The summed E-state index contributed by atoms with van der Waals surface area (Å²) in [5.41, 5.74) is -1.45. The molecule has 1 heteroatoms. The molecular formula is C50H30O. The zero-order valence-electron chi connectivity index (χ0n) is 48.9. The van der Waals surface area contributed by atoms with Crippen LogP contribution in [0.15, 0.2) is 186 Å². The van der Waals surface area contributed by atoms with Gasteiger partial charge >= 0.3 is 0 Å². The van der Waals surface area contributed by atoms with Crippen molar-refractivity contribution in [3.05, 3.63) is 181 Å². The Morgan fingerprint density at radius 1 is 0.373 bits per heavy atom. The Morgan fingerprint density at radius 2 is 0.941 bits per heavy atom. The highest BCUT2D eigenvalue weighted by atomic mass is 16.3. The molecule has 0 amide bonds. The second-order valence-electron chi connectivity index (χ2n) is 11.8. The van der Waals surface area contributed by atoms with Gasteiger partial charge in [0.25, 0.3) is 0 Å². The van der Waals surface area contributed by atoms with Crippen LogP contribution in [-0.2, 0) is 0 Å². The van der Waals surface area contributed by atoms with Gasteiger partial charge in [0.1, 0.15) is 11.2 Å². The van der Waals surface area contributed by atoms with E-state index < -0.39 is 139 Å². The van der Waals surface area contributed by atoms with E-state index in [2.05, 4.69) is 0 Å². The molecule has 0 aliphatic heterocycles. The highest BCUT2D eigenvalue weighted by molar-refractivity contribution is 6.26. The summed E-state index contributed by atoms with van der Waals surface area (Å²) in [5.74, 6) is 0. The van der Waals surface area contributed by atoms with Gasteiger partial charge in [0.15, 0.2) is 0 Å². The molecule has 0 N–H and O–H groups in total. The van der Waals surface area contributed by atoms with Crippen molar-refractivity contribution in [3.8, 4) is 33.4 Å². The maximum absolute atomic E-state index is 9.67. The maximum Gasteiger partial charge on any atom is 0.136 e. The van der Waals surface area contributed by atoms with Gasteiger partial charge in [-0.15, -0.1) is 0 Å². The fourth-order valence-corrected chi connectivity index (χ4v) is 6.96. The fourth-order valence-electron chi connectivity index (χ4n) is 6.96. The molecule has 0 aliphatic rings. The SMILES string of the molecule is [2H]c1c([2H])c([2H])c2c(-c3c4ccccc4c(-c4c([2H])c([2H])c([2H])c5c([2H])c([2H])c([2H])c([2H])c45)c4cc(-c5c([2H])c([2H])c6c(oc7c([2H])c([2H])c8c([2H])c([2H])c([2H])c([2H])c8c76)c5[2H])ccc34)c([2H])c([2H])c([2H])c2c1[2H]. The Bertz CT molecular complexity index is 4510. The van der Waals surface area contributed by atoms with Gasteiger partial charge in [0.05, 0.1) is 31.5 Å². The third-order valence-corrected chi connectivity index (χ3v) is 9.14. The van der Waals surface area contributed by atoms with Crippen molar-refractivity contribution < 1.29 is 35.9 Å². The van der Waals surface area contributed by atoms with Crippen LogP contribution in [0.4, 0.5) is 0 Å². The molecule has 0 unspecified atom stereocenters. The Kier molecular flexibility index (Phi) is 2.97. The van der Waals surface area contributed by atoms with E-state index >= 15 is 0 Å². The van der Waals surface area contributed by atoms with Gasteiger partial charge in [0.2, 0.25) is 0 Å². The summed E-state index contributed by atoms with van der Waals surface area (Å²) >= 11 is 0. The normalized spacial score (nSPS) is 18.2. The first kappa shape index (κ1) is 13.9. The first-order valence-electron chi connectivity index (χ1n) is 27.2. The van der Waals surface area contributed by atoms with Gasteiger partial charge < -0.3 is 4.42 Å². The van der Waals surface area contributed by atoms with Crippen molar-refractivity contribution in [1.82, 2.24) is 0 Å². The number of furan rings is 1. The summed E-state index contributed by atoms with van der Waals surface area (Å²) in [6.45, 7) is 0. The number of hydrogen-bond acceptors (Lipinski definition) is 1. The number of hydrogen-bond donors (Lipinski definition) is 0. The molecule has 0 saturated carbocycles. The van der Waals surface area contributed by atoms with Crippen molar-refractivity contribution in [2.24, 2.45) is 0 Å². The van der Waals surface area contributed by atoms with Crippen LogP contribution in [0.2, 0.25) is 0 Å². The second kappa shape index (κ2) is 10.9. The molecule has 0 fully saturated rings. The third-order valence-electron chi connectivity index (χ3n) is 9.14. The van der Waals surface area contributed by atoms with Gasteiger partial charge in [0, 0.05) is 10.8 Å².